The maximum Gasteiger partial charge on any atom is 0.337 e. The Bertz CT molecular complexity index is 802. The fourth-order valence-corrected chi connectivity index (χ4v) is 2.42. The van der Waals surface area contributed by atoms with Gasteiger partial charge in [-0.15, -0.1) is 0 Å². The first-order valence-corrected chi connectivity index (χ1v) is 7.31. The van der Waals surface area contributed by atoms with E-state index in [1.807, 2.05) is 36.1 Å². The highest BCUT2D eigenvalue weighted by molar-refractivity contribution is 5.89. The molecule has 6 nitrogen and oxygen atoms in total. The van der Waals surface area contributed by atoms with Crippen molar-refractivity contribution in [2.75, 3.05) is 7.11 Å². The van der Waals surface area contributed by atoms with E-state index in [9.17, 15) is 4.79 Å². The molecule has 118 valence electrons. The van der Waals surface area contributed by atoms with Gasteiger partial charge in [0.05, 0.1) is 19.1 Å². The van der Waals surface area contributed by atoms with Crippen LogP contribution >= 0.6 is 0 Å². The third-order valence-electron chi connectivity index (χ3n) is 3.77. The molecule has 6 heteroatoms. The minimum atomic E-state index is -0.324. The Labute approximate surface area is 134 Å². The van der Waals surface area contributed by atoms with Crippen LogP contribution in [-0.2, 0) is 24.8 Å². The fourth-order valence-electron chi connectivity index (χ4n) is 2.42. The zero-order chi connectivity index (χ0) is 16.2. The van der Waals surface area contributed by atoms with Crippen molar-refractivity contribution in [3.8, 4) is 0 Å². The van der Waals surface area contributed by atoms with E-state index in [0.717, 1.165) is 17.2 Å². The molecule has 1 aromatic carbocycles. The number of nitrogens with zero attached hydrogens (tertiary/aromatic N) is 4. The van der Waals surface area contributed by atoms with Gasteiger partial charge in [-0.2, -0.15) is 0 Å². The molecule has 0 spiro atoms. The van der Waals surface area contributed by atoms with E-state index in [1.54, 1.807) is 24.5 Å². The summed E-state index contributed by atoms with van der Waals surface area (Å²) in [6.45, 7) is 0.696. The van der Waals surface area contributed by atoms with Gasteiger partial charge in [0, 0.05) is 38.4 Å². The number of rotatable bonds is 5. The lowest BCUT2D eigenvalue weighted by Gasteiger charge is -2.09. The van der Waals surface area contributed by atoms with E-state index in [2.05, 4.69) is 14.5 Å². The summed E-state index contributed by atoms with van der Waals surface area (Å²) in [7, 11) is 3.35. The zero-order valence-electron chi connectivity index (χ0n) is 13.1. The average Bonchev–Trinajstić information content (AvgIpc) is 3.17. The molecule has 0 radical (unpaired) electrons. The Morgan fingerprint density at radius 3 is 2.43 bits per heavy atom. The van der Waals surface area contributed by atoms with Crippen molar-refractivity contribution >= 4 is 5.97 Å². The van der Waals surface area contributed by atoms with Crippen LogP contribution in [0.5, 0.6) is 0 Å². The van der Waals surface area contributed by atoms with Gasteiger partial charge >= 0.3 is 5.97 Å². The van der Waals surface area contributed by atoms with Crippen molar-refractivity contribution in [3.05, 3.63) is 71.8 Å². The number of aromatic nitrogens is 4. The van der Waals surface area contributed by atoms with Crippen molar-refractivity contribution in [1.29, 1.82) is 0 Å². The number of methoxy groups -OCH3 is 1. The second-order valence-electron chi connectivity index (χ2n) is 5.29. The lowest BCUT2D eigenvalue weighted by atomic mass is 10.1. The van der Waals surface area contributed by atoms with Crippen molar-refractivity contribution in [2.24, 2.45) is 7.05 Å². The molecular weight excluding hydrogens is 292 g/mol. The third kappa shape index (κ3) is 3.31. The first kappa shape index (κ1) is 15.0. The van der Waals surface area contributed by atoms with Gasteiger partial charge in [0.15, 0.2) is 0 Å². The standard InChI is InChI=1S/C17H18N4O2/c1-20-9-7-18-15(20)11-16-19-8-10-21(16)12-13-3-5-14(6-4-13)17(22)23-2/h3-10H,11-12H2,1-2H3. The molecule has 0 atom stereocenters. The molecule has 0 saturated carbocycles. The van der Waals surface area contributed by atoms with E-state index < -0.39 is 0 Å². The quantitative estimate of drug-likeness (QED) is 0.677. The van der Waals surface area contributed by atoms with E-state index in [1.165, 1.54) is 7.11 Å². The van der Waals surface area contributed by atoms with E-state index in [4.69, 9.17) is 4.74 Å². The van der Waals surface area contributed by atoms with Crippen molar-refractivity contribution < 1.29 is 9.53 Å². The Morgan fingerprint density at radius 1 is 1.09 bits per heavy atom. The number of aryl methyl sites for hydroxylation is 1. The number of carbonyl (C=O) groups excluding carboxylic acids is 1. The molecule has 2 heterocycles. The number of hydrogen-bond acceptors (Lipinski definition) is 4. The number of imidazole rings is 2. The third-order valence-corrected chi connectivity index (χ3v) is 3.77. The minimum absolute atomic E-state index is 0.324. The van der Waals surface area contributed by atoms with Crippen LogP contribution in [0.15, 0.2) is 49.1 Å². The first-order valence-electron chi connectivity index (χ1n) is 7.31. The SMILES string of the molecule is COC(=O)c1ccc(Cn2ccnc2Cc2nccn2C)cc1. The number of carbonyl (C=O) groups is 1. The molecule has 0 fully saturated rings. The zero-order valence-corrected chi connectivity index (χ0v) is 13.1. The summed E-state index contributed by atoms with van der Waals surface area (Å²) in [4.78, 5) is 20.2. The molecule has 3 rings (SSSR count). The van der Waals surface area contributed by atoms with Crippen LogP contribution in [0.1, 0.15) is 27.6 Å². The van der Waals surface area contributed by atoms with Crippen LogP contribution in [0.3, 0.4) is 0 Å². The second-order valence-corrected chi connectivity index (χ2v) is 5.29. The molecule has 0 unspecified atom stereocenters. The monoisotopic (exact) mass is 310 g/mol. The maximum absolute atomic E-state index is 11.5. The summed E-state index contributed by atoms with van der Waals surface area (Å²) in [5.41, 5.74) is 1.65. The van der Waals surface area contributed by atoms with Gasteiger partial charge in [-0.1, -0.05) is 12.1 Å². The molecule has 0 bridgehead atoms. The van der Waals surface area contributed by atoms with Gasteiger partial charge < -0.3 is 13.9 Å². The predicted molar refractivity (Wildman–Crippen MR) is 85.1 cm³/mol. The van der Waals surface area contributed by atoms with Crippen molar-refractivity contribution in [1.82, 2.24) is 19.1 Å². The Kier molecular flexibility index (Phi) is 4.23. The number of benzene rings is 1. The maximum atomic E-state index is 11.5. The Morgan fingerprint density at radius 2 is 1.78 bits per heavy atom. The van der Waals surface area contributed by atoms with Gasteiger partial charge in [0.25, 0.3) is 0 Å². The normalized spacial score (nSPS) is 10.7. The Hall–Kier alpha value is -2.89. The molecule has 0 aliphatic rings. The summed E-state index contributed by atoms with van der Waals surface area (Å²) in [6.07, 6.45) is 8.13. The van der Waals surface area contributed by atoms with Crippen LogP contribution in [0, 0.1) is 0 Å². The molecule has 3 aromatic rings. The number of esters is 1. The predicted octanol–water partition coefficient (Wildman–Crippen LogP) is 2.04. The van der Waals surface area contributed by atoms with Crippen LogP contribution in [0.25, 0.3) is 0 Å². The molecule has 0 N–H and O–H groups in total. The topological polar surface area (TPSA) is 61.9 Å². The molecule has 0 aliphatic heterocycles. The van der Waals surface area contributed by atoms with E-state index in [0.29, 0.717) is 18.5 Å². The minimum Gasteiger partial charge on any atom is -0.465 e. The van der Waals surface area contributed by atoms with Gasteiger partial charge in [0.2, 0.25) is 0 Å². The summed E-state index contributed by atoms with van der Waals surface area (Å²) < 4.78 is 8.78. The molecule has 0 amide bonds. The molecule has 23 heavy (non-hydrogen) atoms. The highest BCUT2D eigenvalue weighted by Crippen LogP contribution is 2.11. The molecule has 2 aromatic heterocycles. The average molecular weight is 310 g/mol. The Balaban J connectivity index is 1.75. The van der Waals surface area contributed by atoms with Crippen LogP contribution in [-0.4, -0.2) is 32.2 Å². The smallest absolute Gasteiger partial charge is 0.337 e. The van der Waals surface area contributed by atoms with Crippen LogP contribution in [0.4, 0.5) is 0 Å². The van der Waals surface area contributed by atoms with Crippen LogP contribution < -0.4 is 0 Å². The van der Waals surface area contributed by atoms with E-state index >= 15 is 0 Å². The van der Waals surface area contributed by atoms with Crippen LogP contribution in [0.2, 0.25) is 0 Å². The van der Waals surface area contributed by atoms with Gasteiger partial charge in [0.1, 0.15) is 11.6 Å². The second kappa shape index (κ2) is 6.48. The number of hydrogen-bond donors (Lipinski definition) is 0. The summed E-state index contributed by atoms with van der Waals surface area (Å²) in [6, 6.07) is 7.40. The van der Waals surface area contributed by atoms with Gasteiger partial charge in [-0.05, 0) is 17.7 Å². The first-order chi connectivity index (χ1) is 11.2. The highest BCUT2D eigenvalue weighted by atomic mass is 16.5. The highest BCUT2D eigenvalue weighted by Gasteiger charge is 2.09. The van der Waals surface area contributed by atoms with Gasteiger partial charge in [-0.3, -0.25) is 0 Å². The van der Waals surface area contributed by atoms with Crippen molar-refractivity contribution in [3.63, 3.8) is 0 Å². The molecule has 0 saturated heterocycles. The largest absolute Gasteiger partial charge is 0.465 e. The fraction of sp³-hybridized carbons (Fsp3) is 0.235. The molecule has 0 aliphatic carbocycles. The lowest BCUT2D eigenvalue weighted by molar-refractivity contribution is 0.0600. The van der Waals surface area contributed by atoms with E-state index in [-0.39, 0.29) is 5.97 Å². The summed E-state index contributed by atoms with van der Waals surface area (Å²) >= 11 is 0. The van der Waals surface area contributed by atoms with Crippen molar-refractivity contribution in [2.45, 2.75) is 13.0 Å². The summed E-state index contributed by atoms with van der Waals surface area (Å²) in [5, 5.41) is 0. The lowest BCUT2D eigenvalue weighted by Crippen LogP contribution is -2.08. The number of ether oxygens (including phenoxy) is 1. The molecular formula is C17H18N4O2. The van der Waals surface area contributed by atoms with Gasteiger partial charge in [-0.25, -0.2) is 14.8 Å². The summed E-state index contributed by atoms with van der Waals surface area (Å²) in [5.74, 6) is 1.60.